The first-order valence-electron chi connectivity index (χ1n) is 8.88. The zero-order valence-corrected chi connectivity index (χ0v) is 15.3. The number of aromatic hydroxyl groups is 1. The van der Waals surface area contributed by atoms with Crippen LogP contribution in [0.1, 0.15) is 64.5 Å². The molecule has 0 aliphatic carbocycles. The monoisotopic (exact) mass is 330 g/mol. The molecule has 3 heteroatoms. The lowest BCUT2D eigenvalue weighted by atomic mass is 9.93. The van der Waals surface area contributed by atoms with E-state index in [9.17, 15) is 10.2 Å². The van der Waals surface area contributed by atoms with Crippen molar-refractivity contribution >= 4 is 6.08 Å². The molecule has 0 aromatic heterocycles. The summed E-state index contributed by atoms with van der Waals surface area (Å²) >= 11 is 0. The van der Waals surface area contributed by atoms with E-state index in [1.165, 1.54) is 5.57 Å². The molecule has 0 amide bonds. The summed E-state index contributed by atoms with van der Waals surface area (Å²) in [6.07, 6.45) is 9.90. The third-order valence-corrected chi connectivity index (χ3v) is 4.41. The molecule has 1 aromatic rings. The van der Waals surface area contributed by atoms with Gasteiger partial charge in [-0.25, -0.2) is 0 Å². The fourth-order valence-electron chi connectivity index (χ4n) is 3.07. The predicted octanol–water partition coefficient (Wildman–Crippen LogP) is 5.01. The minimum absolute atomic E-state index is 0.216. The summed E-state index contributed by atoms with van der Waals surface area (Å²) in [5, 5.41) is 20.3. The zero-order chi connectivity index (χ0) is 17.7. The van der Waals surface area contributed by atoms with Gasteiger partial charge in [0.15, 0.2) is 0 Å². The number of rotatable bonds is 7. The first-order valence-corrected chi connectivity index (χ1v) is 8.88. The molecule has 2 N–H and O–H groups in total. The van der Waals surface area contributed by atoms with E-state index in [1.54, 1.807) is 6.07 Å². The highest BCUT2D eigenvalue weighted by Crippen LogP contribution is 2.39. The summed E-state index contributed by atoms with van der Waals surface area (Å²) in [7, 11) is 0. The van der Waals surface area contributed by atoms with Gasteiger partial charge in [-0.15, -0.1) is 0 Å². The Kier molecular flexibility index (Phi) is 6.11. The number of fused-ring (bicyclic) bond motifs is 1. The lowest BCUT2D eigenvalue weighted by molar-refractivity contribution is 0.127. The molecule has 2 unspecified atom stereocenters. The minimum atomic E-state index is -0.379. The average Bonchev–Trinajstić information content (AvgIpc) is 2.46. The van der Waals surface area contributed by atoms with Crippen LogP contribution in [0.25, 0.3) is 6.08 Å². The molecular formula is C21H30O3. The van der Waals surface area contributed by atoms with Gasteiger partial charge < -0.3 is 14.9 Å². The number of phenolic OH excluding ortho intramolecular Hbond substituents is 1. The van der Waals surface area contributed by atoms with Crippen molar-refractivity contribution in [1.29, 1.82) is 0 Å². The Morgan fingerprint density at radius 1 is 1.33 bits per heavy atom. The second kappa shape index (κ2) is 7.89. The van der Waals surface area contributed by atoms with Gasteiger partial charge in [0.05, 0.1) is 11.7 Å². The highest BCUT2D eigenvalue weighted by molar-refractivity contribution is 5.67. The van der Waals surface area contributed by atoms with Crippen LogP contribution in [0.4, 0.5) is 0 Å². The molecule has 0 radical (unpaired) electrons. The number of aliphatic hydroxyl groups is 1. The lowest BCUT2D eigenvalue weighted by Crippen LogP contribution is -2.31. The van der Waals surface area contributed by atoms with Crippen LogP contribution in [0.2, 0.25) is 0 Å². The van der Waals surface area contributed by atoms with Crippen LogP contribution in [0.5, 0.6) is 11.5 Å². The number of hydrogen-bond donors (Lipinski definition) is 2. The van der Waals surface area contributed by atoms with Crippen LogP contribution in [0.15, 0.2) is 29.9 Å². The minimum Gasteiger partial charge on any atom is -0.507 e. The number of allylic oxidation sites excluding steroid dienone is 2. The van der Waals surface area contributed by atoms with Gasteiger partial charge in [-0.05, 0) is 76.3 Å². The van der Waals surface area contributed by atoms with Gasteiger partial charge in [-0.2, -0.15) is 0 Å². The topological polar surface area (TPSA) is 49.7 Å². The molecule has 0 saturated carbocycles. The smallest absolute Gasteiger partial charge is 0.131 e. The maximum atomic E-state index is 10.3. The first kappa shape index (κ1) is 18.6. The van der Waals surface area contributed by atoms with E-state index in [1.807, 2.05) is 18.2 Å². The van der Waals surface area contributed by atoms with E-state index in [0.29, 0.717) is 12.2 Å². The Morgan fingerprint density at radius 3 is 2.75 bits per heavy atom. The second-order valence-corrected chi connectivity index (χ2v) is 7.24. The molecule has 0 fully saturated rings. The predicted molar refractivity (Wildman–Crippen MR) is 99.5 cm³/mol. The number of hydrogen-bond acceptors (Lipinski definition) is 3. The SMILES string of the molecule is CCCC(O)Cc1cc(O)c2c(c1)OC(C)(CCC=C(C)C)C=C2. The highest BCUT2D eigenvalue weighted by atomic mass is 16.5. The van der Waals surface area contributed by atoms with Gasteiger partial charge in [-0.1, -0.05) is 25.0 Å². The summed E-state index contributed by atoms with van der Waals surface area (Å²) in [5.41, 5.74) is 2.58. The lowest BCUT2D eigenvalue weighted by Gasteiger charge is -2.32. The van der Waals surface area contributed by atoms with E-state index in [2.05, 4.69) is 33.8 Å². The van der Waals surface area contributed by atoms with E-state index in [0.717, 1.165) is 36.8 Å². The van der Waals surface area contributed by atoms with Crippen molar-refractivity contribution in [2.45, 2.75) is 71.5 Å². The Bertz CT molecular complexity index is 626. The number of ether oxygens (including phenoxy) is 1. The van der Waals surface area contributed by atoms with Crippen LogP contribution in [-0.4, -0.2) is 21.9 Å². The molecule has 132 valence electrons. The van der Waals surface area contributed by atoms with Crippen molar-refractivity contribution in [3.05, 3.63) is 41.0 Å². The molecule has 1 aromatic carbocycles. The summed E-state index contributed by atoms with van der Waals surface area (Å²) in [6.45, 7) is 8.32. The Labute approximate surface area is 145 Å². The van der Waals surface area contributed by atoms with Gasteiger partial charge in [0.2, 0.25) is 0 Å². The number of phenols is 1. The fourth-order valence-corrected chi connectivity index (χ4v) is 3.07. The molecule has 1 heterocycles. The van der Waals surface area contributed by atoms with Gasteiger partial charge in [0.1, 0.15) is 17.1 Å². The van der Waals surface area contributed by atoms with Gasteiger partial charge in [0.25, 0.3) is 0 Å². The third-order valence-electron chi connectivity index (χ3n) is 4.41. The van der Waals surface area contributed by atoms with Crippen LogP contribution in [-0.2, 0) is 6.42 Å². The van der Waals surface area contributed by atoms with Gasteiger partial charge in [-0.3, -0.25) is 0 Å². The van der Waals surface area contributed by atoms with E-state index >= 15 is 0 Å². The van der Waals surface area contributed by atoms with Crippen molar-refractivity contribution < 1.29 is 14.9 Å². The first-order chi connectivity index (χ1) is 11.3. The molecule has 0 spiro atoms. The zero-order valence-electron chi connectivity index (χ0n) is 15.3. The molecular weight excluding hydrogens is 300 g/mol. The van der Waals surface area contributed by atoms with Crippen LogP contribution >= 0.6 is 0 Å². The second-order valence-electron chi connectivity index (χ2n) is 7.24. The third kappa shape index (κ3) is 4.88. The normalized spacial score (nSPS) is 20.2. The molecule has 3 nitrogen and oxygen atoms in total. The maximum Gasteiger partial charge on any atom is 0.131 e. The molecule has 0 bridgehead atoms. The summed E-state index contributed by atoms with van der Waals surface area (Å²) in [4.78, 5) is 0. The standard InChI is InChI=1S/C21H30O3/c1-5-7-17(22)12-16-13-19(23)18-9-11-21(4,24-20(18)14-16)10-6-8-15(2)3/h8-9,11,13-14,17,22-23H,5-7,10,12H2,1-4H3. The van der Waals surface area contributed by atoms with Crippen LogP contribution in [0, 0.1) is 0 Å². The maximum absolute atomic E-state index is 10.3. The fraction of sp³-hybridized carbons (Fsp3) is 0.524. The Hall–Kier alpha value is -1.74. The van der Waals surface area contributed by atoms with Crippen molar-refractivity contribution in [3.8, 4) is 11.5 Å². The molecule has 24 heavy (non-hydrogen) atoms. The van der Waals surface area contributed by atoms with Crippen LogP contribution < -0.4 is 4.74 Å². The Balaban J connectivity index is 2.16. The number of benzene rings is 1. The molecule has 0 saturated heterocycles. The average molecular weight is 330 g/mol. The van der Waals surface area contributed by atoms with Crippen LogP contribution in [0.3, 0.4) is 0 Å². The molecule has 2 rings (SSSR count). The van der Waals surface area contributed by atoms with E-state index in [-0.39, 0.29) is 17.5 Å². The van der Waals surface area contributed by atoms with Crippen molar-refractivity contribution in [1.82, 2.24) is 0 Å². The summed E-state index contributed by atoms with van der Waals surface area (Å²) in [6, 6.07) is 3.69. The van der Waals surface area contributed by atoms with Gasteiger partial charge >= 0.3 is 0 Å². The Morgan fingerprint density at radius 2 is 2.08 bits per heavy atom. The summed E-state index contributed by atoms with van der Waals surface area (Å²) in [5.74, 6) is 0.921. The summed E-state index contributed by atoms with van der Waals surface area (Å²) < 4.78 is 6.21. The highest BCUT2D eigenvalue weighted by Gasteiger charge is 2.28. The van der Waals surface area contributed by atoms with Gasteiger partial charge in [0, 0.05) is 0 Å². The van der Waals surface area contributed by atoms with E-state index in [4.69, 9.17) is 4.74 Å². The quantitative estimate of drug-likeness (QED) is 0.691. The molecule has 1 aliphatic heterocycles. The van der Waals surface area contributed by atoms with Crippen molar-refractivity contribution in [2.75, 3.05) is 0 Å². The van der Waals surface area contributed by atoms with Crippen molar-refractivity contribution in [3.63, 3.8) is 0 Å². The molecule has 1 aliphatic rings. The number of aliphatic hydroxyl groups excluding tert-OH is 1. The largest absolute Gasteiger partial charge is 0.507 e. The van der Waals surface area contributed by atoms with E-state index < -0.39 is 0 Å². The molecule has 2 atom stereocenters. The van der Waals surface area contributed by atoms with Crippen molar-refractivity contribution in [2.24, 2.45) is 0 Å².